The lowest BCUT2D eigenvalue weighted by molar-refractivity contribution is -0.122. The molecule has 0 aliphatic rings. The van der Waals surface area contributed by atoms with Crippen LogP contribution >= 0.6 is 0 Å². The van der Waals surface area contributed by atoms with Crippen molar-refractivity contribution < 1.29 is 14.3 Å². The SMILES string of the molecule is CCOc1cc(CC(C)N)ccc1OCC(=O)NC. The topological polar surface area (TPSA) is 73.6 Å². The quantitative estimate of drug-likeness (QED) is 0.775. The Hall–Kier alpha value is -1.75. The monoisotopic (exact) mass is 266 g/mol. The lowest BCUT2D eigenvalue weighted by Gasteiger charge is -2.13. The second-order valence-corrected chi connectivity index (χ2v) is 4.36. The zero-order valence-electron chi connectivity index (χ0n) is 11.7. The fourth-order valence-electron chi connectivity index (χ4n) is 1.65. The molecule has 1 atom stereocenters. The lowest BCUT2D eigenvalue weighted by Crippen LogP contribution is -2.25. The van der Waals surface area contributed by atoms with Crippen LogP contribution in [0.1, 0.15) is 19.4 Å². The predicted molar refractivity (Wildman–Crippen MR) is 74.5 cm³/mol. The highest BCUT2D eigenvalue weighted by atomic mass is 16.5. The molecule has 0 saturated heterocycles. The number of hydrogen-bond donors (Lipinski definition) is 2. The van der Waals surface area contributed by atoms with Gasteiger partial charge >= 0.3 is 0 Å². The number of nitrogens with one attached hydrogen (secondary N) is 1. The third-order valence-electron chi connectivity index (χ3n) is 2.50. The van der Waals surface area contributed by atoms with E-state index in [4.69, 9.17) is 15.2 Å². The first-order valence-corrected chi connectivity index (χ1v) is 6.41. The van der Waals surface area contributed by atoms with Crippen molar-refractivity contribution in [1.29, 1.82) is 0 Å². The molecule has 0 aliphatic heterocycles. The molecule has 3 N–H and O–H groups in total. The van der Waals surface area contributed by atoms with E-state index < -0.39 is 0 Å². The second kappa shape index (κ2) is 7.63. The Morgan fingerprint density at radius 3 is 2.68 bits per heavy atom. The van der Waals surface area contributed by atoms with Crippen molar-refractivity contribution >= 4 is 5.91 Å². The van der Waals surface area contributed by atoms with E-state index in [0.29, 0.717) is 18.1 Å². The van der Waals surface area contributed by atoms with E-state index >= 15 is 0 Å². The van der Waals surface area contributed by atoms with Crippen LogP contribution < -0.4 is 20.5 Å². The number of nitrogens with two attached hydrogens (primary N) is 1. The normalized spacial score (nSPS) is 11.8. The molecule has 5 nitrogen and oxygen atoms in total. The number of rotatable bonds is 7. The van der Waals surface area contributed by atoms with Crippen LogP contribution in [0.5, 0.6) is 11.5 Å². The van der Waals surface area contributed by atoms with E-state index in [-0.39, 0.29) is 18.6 Å². The third-order valence-corrected chi connectivity index (χ3v) is 2.50. The minimum Gasteiger partial charge on any atom is -0.490 e. The summed E-state index contributed by atoms with van der Waals surface area (Å²) in [4.78, 5) is 11.2. The van der Waals surface area contributed by atoms with Gasteiger partial charge in [-0.3, -0.25) is 4.79 Å². The highest BCUT2D eigenvalue weighted by Gasteiger charge is 2.09. The van der Waals surface area contributed by atoms with Gasteiger partial charge in [0.2, 0.25) is 0 Å². The van der Waals surface area contributed by atoms with E-state index in [9.17, 15) is 4.79 Å². The van der Waals surface area contributed by atoms with Gasteiger partial charge in [-0.1, -0.05) is 6.07 Å². The number of carbonyl (C=O) groups is 1. The summed E-state index contributed by atoms with van der Waals surface area (Å²) in [6.07, 6.45) is 0.774. The summed E-state index contributed by atoms with van der Waals surface area (Å²) in [6, 6.07) is 5.75. The number of hydrogen-bond acceptors (Lipinski definition) is 4. The Labute approximate surface area is 114 Å². The fraction of sp³-hybridized carbons (Fsp3) is 0.500. The van der Waals surface area contributed by atoms with Gasteiger partial charge in [-0.05, 0) is 38.0 Å². The number of ether oxygens (including phenoxy) is 2. The molecule has 1 unspecified atom stereocenters. The molecule has 0 fully saturated rings. The smallest absolute Gasteiger partial charge is 0.257 e. The summed E-state index contributed by atoms with van der Waals surface area (Å²) >= 11 is 0. The van der Waals surface area contributed by atoms with Crippen LogP contribution in [0.15, 0.2) is 18.2 Å². The van der Waals surface area contributed by atoms with Gasteiger partial charge in [0.15, 0.2) is 18.1 Å². The summed E-state index contributed by atoms with van der Waals surface area (Å²) in [7, 11) is 1.57. The average Bonchev–Trinajstić information content (AvgIpc) is 2.37. The summed E-state index contributed by atoms with van der Waals surface area (Å²) in [6.45, 7) is 4.37. The third kappa shape index (κ3) is 5.18. The highest BCUT2D eigenvalue weighted by molar-refractivity contribution is 5.77. The highest BCUT2D eigenvalue weighted by Crippen LogP contribution is 2.28. The molecular weight excluding hydrogens is 244 g/mol. The average molecular weight is 266 g/mol. The molecule has 0 spiro atoms. The van der Waals surface area contributed by atoms with Crippen molar-refractivity contribution in [3.05, 3.63) is 23.8 Å². The second-order valence-electron chi connectivity index (χ2n) is 4.36. The number of likely N-dealkylation sites (N-methyl/N-ethyl adjacent to an activating group) is 1. The van der Waals surface area contributed by atoms with E-state index in [1.54, 1.807) is 7.05 Å². The minimum atomic E-state index is -0.179. The van der Waals surface area contributed by atoms with Crippen molar-refractivity contribution in [3.8, 4) is 11.5 Å². The molecule has 1 aromatic rings. The number of carbonyl (C=O) groups excluding carboxylic acids is 1. The molecule has 0 radical (unpaired) electrons. The predicted octanol–water partition coefficient (Wildman–Crippen LogP) is 1.10. The Bertz CT molecular complexity index is 419. The van der Waals surface area contributed by atoms with E-state index in [1.165, 1.54) is 0 Å². The molecule has 1 aromatic carbocycles. The van der Waals surface area contributed by atoms with Gasteiger partial charge in [-0.2, -0.15) is 0 Å². The first-order valence-electron chi connectivity index (χ1n) is 6.41. The maximum Gasteiger partial charge on any atom is 0.257 e. The lowest BCUT2D eigenvalue weighted by atomic mass is 10.1. The largest absolute Gasteiger partial charge is 0.490 e. The van der Waals surface area contributed by atoms with Crippen molar-refractivity contribution in [1.82, 2.24) is 5.32 Å². The summed E-state index contributed by atoms with van der Waals surface area (Å²) in [5.74, 6) is 1.03. The zero-order valence-corrected chi connectivity index (χ0v) is 11.7. The van der Waals surface area contributed by atoms with Crippen LogP contribution in [0, 0.1) is 0 Å². The van der Waals surface area contributed by atoms with Crippen LogP contribution in [0.3, 0.4) is 0 Å². The Balaban J connectivity index is 2.81. The maximum atomic E-state index is 11.2. The van der Waals surface area contributed by atoms with E-state index in [0.717, 1.165) is 12.0 Å². The molecule has 5 heteroatoms. The van der Waals surface area contributed by atoms with Gasteiger partial charge in [0, 0.05) is 13.1 Å². The zero-order chi connectivity index (χ0) is 14.3. The first kappa shape index (κ1) is 15.3. The van der Waals surface area contributed by atoms with Crippen LogP contribution in [-0.4, -0.2) is 32.2 Å². The van der Waals surface area contributed by atoms with Crippen molar-refractivity contribution in [2.75, 3.05) is 20.3 Å². The first-order chi connectivity index (χ1) is 9.06. The van der Waals surface area contributed by atoms with Crippen LogP contribution in [0.4, 0.5) is 0 Å². The molecule has 106 valence electrons. The van der Waals surface area contributed by atoms with Crippen molar-refractivity contribution in [2.45, 2.75) is 26.3 Å². The Kier molecular flexibility index (Phi) is 6.15. The standard InChI is InChI=1S/C14H22N2O3/c1-4-18-13-8-11(7-10(2)15)5-6-12(13)19-9-14(17)16-3/h5-6,8,10H,4,7,9,15H2,1-3H3,(H,16,17). The number of benzene rings is 1. The summed E-state index contributed by atoms with van der Waals surface area (Å²) in [5.41, 5.74) is 6.87. The number of amides is 1. The van der Waals surface area contributed by atoms with Crippen LogP contribution in [0.25, 0.3) is 0 Å². The Morgan fingerprint density at radius 1 is 1.37 bits per heavy atom. The summed E-state index contributed by atoms with van der Waals surface area (Å²) < 4.78 is 11.0. The Morgan fingerprint density at radius 2 is 2.11 bits per heavy atom. The van der Waals surface area contributed by atoms with Crippen molar-refractivity contribution in [3.63, 3.8) is 0 Å². The van der Waals surface area contributed by atoms with Gasteiger partial charge in [-0.25, -0.2) is 0 Å². The van der Waals surface area contributed by atoms with Gasteiger partial charge in [0.1, 0.15) is 0 Å². The molecule has 0 aromatic heterocycles. The minimum absolute atomic E-state index is 0.0246. The molecule has 1 rings (SSSR count). The van der Waals surface area contributed by atoms with Gasteiger partial charge in [-0.15, -0.1) is 0 Å². The molecule has 0 saturated carbocycles. The molecule has 19 heavy (non-hydrogen) atoms. The molecular formula is C14H22N2O3. The van der Waals surface area contributed by atoms with E-state index in [1.807, 2.05) is 32.0 Å². The van der Waals surface area contributed by atoms with Gasteiger partial charge < -0.3 is 20.5 Å². The van der Waals surface area contributed by atoms with Crippen LogP contribution in [-0.2, 0) is 11.2 Å². The molecule has 1 amide bonds. The van der Waals surface area contributed by atoms with Crippen LogP contribution in [0.2, 0.25) is 0 Å². The molecule has 0 bridgehead atoms. The maximum absolute atomic E-state index is 11.2. The van der Waals surface area contributed by atoms with E-state index in [2.05, 4.69) is 5.32 Å². The van der Waals surface area contributed by atoms with Gasteiger partial charge in [0.25, 0.3) is 5.91 Å². The fourth-order valence-corrected chi connectivity index (χ4v) is 1.65. The van der Waals surface area contributed by atoms with Crippen molar-refractivity contribution in [2.24, 2.45) is 5.73 Å². The summed E-state index contributed by atoms with van der Waals surface area (Å²) in [5, 5.41) is 2.50. The molecule has 0 aliphatic carbocycles. The molecule has 0 heterocycles. The van der Waals surface area contributed by atoms with Gasteiger partial charge in [0.05, 0.1) is 6.61 Å².